The van der Waals surface area contributed by atoms with Crippen LogP contribution in [0.5, 0.6) is 0 Å². The Morgan fingerprint density at radius 2 is 2.33 bits per heavy atom. The van der Waals surface area contributed by atoms with E-state index in [0.29, 0.717) is 23.1 Å². The van der Waals surface area contributed by atoms with E-state index in [0.717, 1.165) is 12.8 Å². The molecule has 1 heterocycles. The zero-order valence-corrected chi connectivity index (χ0v) is 9.09. The second-order valence-corrected chi connectivity index (χ2v) is 4.54. The molecular weight excluding hydrogens is 214 g/mol. The summed E-state index contributed by atoms with van der Waals surface area (Å²) in [6.45, 7) is 0.926. The summed E-state index contributed by atoms with van der Waals surface area (Å²) in [5.74, 6) is 0.638. The summed E-state index contributed by atoms with van der Waals surface area (Å²) >= 11 is 5.74. The highest BCUT2D eigenvalue weighted by atomic mass is 35.5. The van der Waals surface area contributed by atoms with Gasteiger partial charge in [-0.1, -0.05) is 11.6 Å². The molecule has 1 saturated carbocycles. The SMILES string of the molecule is Nc1cc(Cl)cnc1NCC1(CO)CC1. The molecule has 82 valence electrons. The van der Waals surface area contributed by atoms with Gasteiger partial charge in [0.05, 0.1) is 17.3 Å². The average molecular weight is 228 g/mol. The smallest absolute Gasteiger partial charge is 0.149 e. The molecule has 1 aromatic heterocycles. The average Bonchev–Trinajstić information content (AvgIpc) is 2.97. The van der Waals surface area contributed by atoms with Crippen molar-refractivity contribution in [1.29, 1.82) is 0 Å². The second-order valence-electron chi connectivity index (χ2n) is 4.10. The summed E-state index contributed by atoms with van der Waals surface area (Å²) in [5, 5.41) is 12.8. The predicted molar refractivity (Wildman–Crippen MR) is 60.9 cm³/mol. The first kappa shape index (κ1) is 10.5. The van der Waals surface area contributed by atoms with Crippen LogP contribution < -0.4 is 11.1 Å². The number of pyridine rings is 1. The molecule has 0 saturated heterocycles. The molecule has 0 spiro atoms. The number of anilines is 2. The zero-order valence-electron chi connectivity index (χ0n) is 8.33. The maximum absolute atomic E-state index is 9.14. The monoisotopic (exact) mass is 227 g/mol. The Labute approximate surface area is 93.5 Å². The number of rotatable bonds is 4. The summed E-state index contributed by atoms with van der Waals surface area (Å²) in [7, 11) is 0. The largest absolute Gasteiger partial charge is 0.396 e. The third-order valence-electron chi connectivity index (χ3n) is 2.81. The summed E-state index contributed by atoms with van der Waals surface area (Å²) < 4.78 is 0. The highest BCUT2D eigenvalue weighted by Gasteiger charge is 2.41. The van der Waals surface area contributed by atoms with Crippen molar-refractivity contribution >= 4 is 23.1 Å². The standard InChI is InChI=1S/C10H14ClN3O/c11-7-3-8(12)9(13-4-7)14-5-10(6-15)1-2-10/h3-4,15H,1-2,5-6,12H2,(H,13,14). The van der Waals surface area contributed by atoms with Crippen LogP contribution in [-0.4, -0.2) is 23.2 Å². The van der Waals surface area contributed by atoms with Crippen LogP contribution in [0.3, 0.4) is 0 Å². The fourth-order valence-electron chi connectivity index (χ4n) is 1.44. The van der Waals surface area contributed by atoms with Crippen LogP contribution in [0.25, 0.3) is 0 Å². The number of aliphatic hydroxyl groups is 1. The van der Waals surface area contributed by atoms with Crippen LogP contribution in [0.15, 0.2) is 12.3 Å². The zero-order chi connectivity index (χ0) is 10.9. The van der Waals surface area contributed by atoms with Gasteiger partial charge in [-0.3, -0.25) is 0 Å². The lowest BCUT2D eigenvalue weighted by atomic mass is 10.1. The molecule has 15 heavy (non-hydrogen) atoms. The van der Waals surface area contributed by atoms with E-state index in [-0.39, 0.29) is 12.0 Å². The molecule has 1 fully saturated rings. The van der Waals surface area contributed by atoms with E-state index in [1.165, 1.54) is 0 Å². The number of halogens is 1. The lowest BCUT2D eigenvalue weighted by Gasteiger charge is -2.14. The van der Waals surface area contributed by atoms with Crippen molar-refractivity contribution in [3.8, 4) is 0 Å². The normalized spacial score (nSPS) is 17.5. The van der Waals surface area contributed by atoms with Crippen LogP contribution in [0.2, 0.25) is 5.02 Å². The van der Waals surface area contributed by atoms with Crippen LogP contribution in [0.4, 0.5) is 11.5 Å². The molecule has 4 nitrogen and oxygen atoms in total. The van der Waals surface area contributed by atoms with Gasteiger partial charge in [0.15, 0.2) is 0 Å². The molecule has 5 heteroatoms. The fraction of sp³-hybridized carbons (Fsp3) is 0.500. The molecule has 0 unspecified atom stereocenters. The Balaban J connectivity index is 1.99. The first-order valence-electron chi connectivity index (χ1n) is 4.91. The number of nitrogens with zero attached hydrogens (tertiary/aromatic N) is 1. The van der Waals surface area contributed by atoms with Gasteiger partial charge < -0.3 is 16.2 Å². The van der Waals surface area contributed by atoms with E-state index in [1.807, 2.05) is 0 Å². The van der Waals surface area contributed by atoms with Crippen molar-refractivity contribution in [1.82, 2.24) is 4.98 Å². The topological polar surface area (TPSA) is 71.2 Å². The maximum atomic E-state index is 9.14. The third-order valence-corrected chi connectivity index (χ3v) is 3.01. The maximum Gasteiger partial charge on any atom is 0.149 e. The van der Waals surface area contributed by atoms with Gasteiger partial charge in [0.25, 0.3) is 0 Å². The Hall–Kier alpha value is -1.00. The lowest BCUT2D eigenvalue weighted by molar-refractivity contribution is 0.219. The van der Waals surface area contributed by atoms with E-state index in [9.17, 15) is 0 Å². The van der Waals surface area contributed by atoms with Crippen molar-refractivity contribution in [3.63, 3.8) is 0 Å². The number of nitrogen functional groups attached to an aromatic ring is 1. The molecule has 2 rings (SSSR count). The van der Waals surface area contributed by atoms with Crippen LogP contribution in [-0.2, 0) is 0 Å². The van der Waals surface area contributed by atoms with E-state index in [2.05, 4.69) is 10.3 Å². The predicted octanol–water partition coefficient (Wildman–Crippen LogP) is 1.50. The van der Waals surface area contributed by atoms with Gasteiger partial charge in [-0.15, -0.1) is 0 Å². The molecule has 1 aliphatic rings. The minimum Gasteiger partial charge on any atom is -0.396 e. The number of nitrogens with two attached hydrogens (primary N) is 1. The van der Waals surface area contributed by atoms with Gasteiger partial charge in [-0.25, -0.2) is 4.98 Å². The van der Waals surface area contributed by atoms with Gasteiger partial charge >= 0.3 is 0 Å². The first-order chi connectivity index (χ1) is 7.15. The van der Waals surface area contributed by atoms with Crippen molar-refractivity contribution in [3.05, 3.63) is 17.3 Å². The van der Waals surface area contributed by atoms with E-state index in [1.54, 1.807) is 12.3 Å². The van der Waals surface area contributed by atoms with Crippen LogP contribution >= 0.6 is 11.6 Å². The number of aromatic nitrogens is 1. The van der Waals surface area contributed by atoms with Gasteiger partial charge in [0, 0.05) is 18.2 Å². The quantitative estimate of drug-likeness (QED) is 0.729. The second kappa shape index (κ2) is 3.87. The van der Waals surface area contributed by atoms with Crippen molar-refractivity contribution in [2.75, 3.05) is 24.2 Å². The molecule has 0 radical (unpaired) electrons. The minimum atomic E-state index is 0.0494. The summed E-state index contributed by atoms with van der Waals surface area (Å²) in [6.07, 6.45) is 3.67. The van der Waals surface area contributed by atoms with E-state index >= 15 is 0 Å². The van der Waals surface area contributed by atoms with Crippen LogP contribution in [0.1, 0.15) is 12.8 Å². The number of hydrogen-bond acceptors (Lipinski definition) is 4. The summed E-state index contributed by atoms with van der Waals surface area (Å²) in [4.78, 5) is 4.09. The van der Waals surface area contributed by atoms with Crippen molar-refractivity contribution in [2.45, 2.75) is 12.8 Å². The fourth-order valence-corrected chi connectivity index (χ4v) is 1.61. The molecule has 1 aliphatic carbocycles. The van der Waals surface area contributed by atoms with Gasteiger partial charge in [-0.05, 0) is 18.9 Å². The highest BCUT2D eigenvalue weighted by molar-refractivity contribution is 6.30. The Morgan fingerprint density at radius 3 is 2.87 bits per heavy atom. The molecule has 4 N–H and O–H groups in total. The third kappa shape index (κ3) is 2.33. The molecule has 1 aromatic rings. The Morgan fingerprint density at radius 1 is 1.60 bits per heavy atom. The molecular formula is C10H14ClN3O. The Bertz CT molecular complexity index is 366. The summed E-state index contributed by atoms with van der Waals surface area (Å²) in [5.41, 5.74) is 6.33. The van der Waals surface area contributed by atoms with E-state index < -0.39 is 0 Å². The highest BCUT2D eigenvalue weighted by Crippen LogP contribution is 2.45. The van der Waals surface area contributed by atoms with Crippen molar-refractivity contribution in [2.24, 2.45) is 5.41 Å². The molecule has 0 aliphatic heterocycles. The molecule has 0 aromatic carbocycles. The molecule has 0 atom stereocenters. The van der Waals surface area contributed by atoms with Crippen LogP contribution in [0, 0.1) is 5.41 Å². The van der Waals surface area contributed by atoms with Crippen molar-refractivity contribution < 1.29 is 5.11 Å². The lowest BCUT2D eigenvalue weighted by Crippen LogP contribution is -2.20. The number of nitrogens with one attached hydrogen (secondary N) is 1. The molecule has 0 bridgehead atoms. The van der Waals surface area contributed by atoms with E-state index in [4.69, 9.17) is 22.4 Å². The molecule has 0 amide bonds. The van der Waals surface area contributed by atoms with Gasteiger partial charge in [-0.2, -0.15) is 0 Å². The first-order valence-corrected chi connectivity index (χ1v) is 5.29. The Kier molecular flexibility index (Phi) is 2.71. The number of aliphatic hydroxyl groups excluding tert-OH is 1. The minimum absolute atomic E-state index is 0.0494. The number of hydrogen-bond donors (Lipinski definition) is 3. The van der Waals surface area contributed by atoms with Gasteiger partial charge in [0.2, 0.25) is 0 Å². The summed E-state index contributed by atoms with van der Waals surface area (Å²) in [6, 6.07) is 1.66. The van der Waals surface area contributed by atoms with Gasteiger partial charge in [0.1, 0.15) is 5.82 Å².